The molecule has 31 heavy (non-hydrogen) atoms. The Labute approximate surface area is 186 Å². The fourth-order valence-corrected chi connectivity index (χ4v) is 5.38. The summed E-state index contributed by atoms with van der Waals surface area (Å²) in [5, 5.41) is 16.7. The third kappa shape index (κ3) is 5.05. The minimum Gasteiger partial charge on any atom is -0.489 e. The van der Waals surface area contributed by atoms with Gasteiger partial charge in [-0.1, -0.05) is 6.07 Å². The number of rotatable bonds is 7. The highest BCUT2D eigenvalue weighted by atomic mass is 32.2. The number of nitriles is 1. The third-order valence-electron chi connectivity index (χ3n) is 5.13. The van der Waals surface area contributed by atoms with Crippen LogP contribution in [0.1, 0.15) is 22.3 Å². The number of thiophene rings is 1. The molecular formula is C22H22N4O3S2. The van der Waals surface area contributed by atoms with Crippen LogP contribution < -0.4 is 10.1 Å². The van der Waals surface area contributed by atoms with E-state index in [9.17, 15) is 13.7 Å². The molecule has 0 amide bonds. The molecular weight excluding hydrogens is 432 g/mol. The summed E-state index contributed by atoms with van der Waals surface area (Å²) < 4.78 is 32.6. The van der Waals surface area contributed by atoms with Crippen molar-refractivity contribution in [1.29, 1.82) is 5.26 Å². The lowest BCUT2D eigenvalue weighted by molar-refractivity contribution is 0.180. The number of anilines is 1. The molecule has 1 aliphatic rings. The van der Waals surface area contributed by atoms with E-state index < -0.39 is 10.0 Å². The van der Waals surface area contributed by atoms with Gasteiger partial charge in [0, 0.05) is 25.5 Å². The van der Waals surface area contributed by atoms with Crippen molar-refractivity contribution in [2.24, 2.45) is 0 Å². The molecule has 0 saturated heterocycles. The first kappa shape index (κ1) is 21.3. The van der Waals surface area contributed by atoms with Crippen LogP contribution in [0.5, 0.6) is 5.75 Å². The molecule has 1 unspecified atom stereocenters. The summed E-state index contributed by atoms with van der Waals surface area (Å²) >= 11 is 1.54. The molecule has 9 heteroatoms. The molecule has 3 aromatic rings. The van der Waals surface area contributed by atoms with Gasteiger partial charge in [0.2, 0.25) is 10.0 Å². The molecule has 0 fully saturated rings. The lowest BCUT2D eigenvalue weighted by atomic mass is 9.98. The van der Waals surface area contributed by atoms with Gasteiger partial charge < -0.3 is 10.1 Å². The van der Waals surface area contributed by atoms with E-state index >= 15 is 0 Å². The Morgan fingerprint density at radius 2 is 2.23 bits per heavy atom. The summed E-state index contributed by atoms with van der Waals surface area (Å²) in [6, 6.07) is 11.1. The first-order valence-electron chi connectivity index (χ1n) is 9.74. The number of benzene rings is 1. The summed E-state index contributed by atoms with van der Waals surface area (Å²) in [6.45, 7) is 1.09. The Morgan fingerprint density at radius 3 is 2.90 bits per heavy atom. The fraction of sp³-hybridized carbons (Fsp3) is 0.273. The van der Waals surface area contributed by atoms with Gasteiger partial charge in [-0.05, 0) is 58.1 Å². The number of ether oxygens (including phenoxy) is 1. The zero-order valence-electron chi connectivity index (χ0n) is 17.0. The van der Waals surface area contributed by atoms with E-state index in [2.05, 4.69) is 16.4 Å². The topological polar surface area (TPSA) is 95.3 Å². The normalized spacial score (nSPS) is 15.7. The molecule has 4 rings (SSSR count). The van der Waals surface area contributed by atoms with E-state index in [0.717, 1.165) is 22.4 Å². The number of pyridine rings is 1. The highest BCUT2D eigenvalue weighted by Gasteiger charge is 2.32. The van der Waals surface area contributed by atoms with E-state index in [1.165, 1.54) is 21.9 Å². The summed E-state index contributed by atoms with van der Waals surface area (Å²) in [6.07, 6.45) is 5.19. The second-order valence-electron chi connectivity index (χ2n) is 7.45. The number of aromatic nitrogens is 1. The lowest BCUT2D eigenvalue weighted by Crippen LogP contribution is -2.45. The van der Waals surface area contributed by atoms with Crippen LogP contribution in [-0.2, 0) is 29.5 Å². The Hall–Kier alpha value is -2.93. The second-order valence-corrected chi connectivity index (χ2v) is 10.2. The fourth-order valence-electron chi connectivity index (χ4n) is 3.66. The predicted molar refractivity (Wildman–Crippen MR) is 120 cm³/mol. The van der Waals surface area contributed by atoms with Crippen molar-refractivity contribution >= 4 is 27.0 Å². The van der Waals surface area contributed by atoms with Crippen LogP contribution in [0.3, 0.4) is 0 Å². The quantitative estimate of drug-likeness (QED) is 0.588. The van der Waals surface area contributed by atoms with Gasteiger partial charge in [0.05, 0.1) is 29.6 Å². The largest absolute Gasteiger partial charge is 0.489 e. The highest BCUT2D eigenvalue weighted by Crippen LogP contribution is 2.36. The van der Waals surface area contributed by atoms with Crippen molar-refractivity contribution in [2.45, 2.75) is 25.6 Å². The van der Waals surface area contributed by atoms with E-state index in [-0.39, 0.29) is 12.6 Å². The van der Waals surface area contributed by atoms with Crippen LogP contribution in [0.25, 0.3) is 0 Å². The van der Waals surface area contributed by atoms with Crippen molar-refractivity contribution in [1.82, 2.24) is 9.29 Å². The maximum atomic E-state index is 12.5. The smallest absolute Gasteiger partial charge is 0.211 e. The average Bonchev–Trinajstić information content (AvgIpc) is 3.28. The maximum Gasteiger partial charge on any atom is 0.211 e. The standard InChI is InChI=1S/C22H22N4O3S2/c1-31(27,28)26(13-17-4-6-30-15-17)20-9-19-7-18(10-23)8-21(22(19)29-14-20)25-12-16-3-2-5-24-11-16/h2-8,11,15,20,25H,9,12-14H2,1H3. The zero-order chi connectivity index (χ0) is 21.8. The number of fused-ring (bicyclic) bond motifs is 1. The Kier molecular flexibility index (Phi) is 6.23. The Balaban J connectivity index is 1.59. The van der Waals surface area contributed by atoms with Crippen LogP contribution >= 0.6 is 11.3 Å². The van der Waals surface area contributed by atoms with Gasteiger partial charge in [-0.2, -0.15) is 20.9 Å². The van der Waals surface area contributed by atoms with Crippen LogP contribution in [0.4, 0.5) is 5.69 Å². The number of nitrogens with one attached hydrogen (secondary N) is 1. The van der Waals surface area contributed by atoms with Gasteiger partial charge >= 0.3 is 0 Å². The highest BCUT2D eigenvalue weighted by molar-refractivity contribution is 7.88. The molecule has 0 aliphatic carbocycles. The van der Waals surface area contributed by atoms with E-state index in [4.69, 9.17) is 4.74 Å². The minimum absolute atomic E-state index is 0.248. The second kappa shape index (κ2) is 9.06. The molecule has 1 aliphatic heterocycles. The molecule has 1 atom stereocenters. The van der Waals surface area contributed by atoms with Crippen molar-refractivity contribution < 1.29 is 13.2 Å². The molecule has 160 valence electrons. The molecule has 0 bridgehead atoms. The van der Waals surface area contributed by atoms with Crippen LogP contribution in [0.2, 0.25) is 0 Å². The monoisotopic (exact) mass is 454 g/mol. The van der Waals surface area contributed by atoms with Crippen molar-refractivity contribution in [2.75, 3.05) is 18.2 Å². The van der Waals surface area contributed by atoms with Gasteiger partial charge in [-0.3, -0.25) is 4.98 Å². The molecule has 1 N–H and O–H groups in total. The van der Waals surface area contributed by atoms with Gasteiger partial charge in [-0.25, -0.2) is 8.42 Å². The van der Waals surface area contributed by atoms with Gasteiger partial charge in [-0.15, -0.1) is 0 Å². The first-order chi connectivity index (χ1) is 14.9. The number of nitrogens with zero attached hydrogens (tertiary/aromatic N) is 3. The molecule has 7 nitrogen and oxygen atoms in total. The van der Waals surface area contributed by atoms with Crippen LogP contribution in [-0.4, -0.2) is 36.6 Å². The zero-order valence-corrected chi connectivity index (χ0v) is 18.6. The van der Waals surface area contributed by atoms with Crippen LogP contribution in [0.15, 0.2) is 53.5 Å². The van der Waals surface area contributed by atoms with Crippen molar-refractivity contribution in [3.8, 4) is 11.8 Å². The maximum absolute atomic E-state index is 12.5. The minimum atomic E-state index is -3.44. The lowest BCUT2D eigenvalue weighted by Gasteiger charge is -2.34. The number of sulfonamides is 1. The third-order valence-corrected chi connectivity index (χ3v) is 7.14. The summed E-state index contributed by atoms with van der Waals surface area (Å²) in [5.74, 6) is 0.670. The average molecular weight is 455 g/mol. The van der Waals surface area contributed by atoms with Crippen LogP contribution in [0, 0.1) is 11.3 Å². The van der Waals surface area contributed by atoms with Crippen molar-refractivity contribution in [3.63, 3.8) is 0 Å². The molecule has 0 radical (unpaired) electrons. The Bertz CT molecular complexity index is 1190. The van der Waals surface area contributed by atoms with E-state index in [1.54, 1.807) is 24.5 Å². The predicted octanol–water partition coefficient (Wildman–Crippen LogP) is 3.39. The van der Waals surface area contributed by atoms with E-state index in [1.807, 2.05) is 29.0 Å². The molecule has 1 aromatic carbocycles. The molecule has 2 aromatic heterocycles. The van der Waals surface area contributed by atoms with Crippen molar-refractivity contribution in [3.05, 3.63) is 75.7 Å². The SMILES string of the molecule is CS(=O)(=O)N(Cc1ccsc1)C1COc2c(cc(C#N)cc2NCc2cccnc2)C1. The Morgan fingerprint density at radius 1 is 1.35 bits per heavy atom. The van der Waals surface area contributed by atoms with Gasteiger partial charge in [0.1, 0.15) is 12.4 Å². The molecule has 3 heterocycles. The number of hydrogen-bond acceptors (Lipinski definition) is 7. The number of hydrogen-bond donors (Lipinski definition) is 1. The first-order valence-corrected chi connectivity index (χ1v) is 12.5. The van der Waals surface area contributed by atoms with Gasteiger partial charge in [0.15, 0.2) is 0 Å². The molecule has 0 saturated carbocycles. The molecule has 0 spiro atoms. The summed E-state index contributed by atoms with van der Waals surface area (Å²) in [4.78, 5) is 4.12. The summed E-state index contributed by atoms with van der Waals surface area (Å²) in [7, 11) is -3.44. The summed E-state index contributed by atoms with van der Waals surface area (Å²) in [5.41, 5.74) is 4.00. The van der Waals surface area contributed by atoms with Gasteiger partial charge in [0.25, 0.3) is 0 Å². The van der Waals surface area contributed by atoms with E-state index in [0.29, 0.717) is 30.8 Å².